The van der Waals surface area contributed by atoms with E-state index in [0.29, 0.717) is 18.5 Å². The van der Waals surface area contributed by atoms with E-state index in [0.717, 1.165) is 43.7 Å². The standard InChI is InChI=1S/C18H24N4O3/c1-19-17(24)16(3-2-10-23)22-12-13-11-14(4-5-15(13)18(22)25)21-8-6-20-7-9-21/h4-5,10-11,16,20H,2-3,6-9,12H2,1H3,(H,19,24). The Morgan fingerprint density at radius 1 is 1.36 bits per heavy atom. The molecule has 0 radical (unpaired) electrons. The molecule has 1 saturated heterocycles. The molecule has 1 unspecified atom stereocenters. The van der Waals surface area contributed by atoms with Crippen LogP contribution in [0.2, 0.25) is 0 Å². The number of aldehydes is 1. The number of hydrogen-bond donors (Lipinski definition) is 2. The van der Waals surface area contributed by atoms with Crippen molar-refractivity contribution in [3.8, 4) is 0 Å². The van der Waals surface area contributed by atoms with Crippen molar-refractivity contribution >= 4 is 23.8 Å². The summed E-state index contributed by atoms with van der Waals surface area (Å²) in [6, 6.07) is 5.28. The van der Waals surface area contributed by atoms with E-state index < -0.39 is 6.04 Å². The molecule has 1 aromatic carbocycles. The first-order chi connectivity index (χ1) is 12.2. The van der Waals surface area contributed by atoms with Gasteiger partial charge in [0.15, 0.2) is 0 Å². The minimum absolute atomic E-state index is 0.138. The fraction of sp³-hybridized carbons (Fsp3) is 0.500. The monoisotopic (exact) mass is 344 g/mol. The van der Waals surface area contributed by atoms with E-state index >= 15 is 0 Å². The molecular weight excluding hydrogens is 320 g/mol. The van der Waals surface area contributed by atoms with Gasteiger partial charge in [-0.15, -0.1) is 0 Å². The summed E-state index contributed by atoms with van der Waals surface area (Å²) in [5.74, 6) is -0.369. The van der Waals surface area contributed by atoms with Gasteiger partial charge in [0.05, 0.1) is 0 Å². The lowest BCUT2D eigenvalue weighted by molar-refractivity contribution is -0.125. The molecule has 134 valence electrons. The van der Waals surface area contributed by atoms with Gasteiger partial charge >= 0.3 is 0 Å². The highest BCUT2D eigenvalue weighted by molar-refractivity contribution is 6.01. The van der Waals surface area contributed by atoms with Crippen LogP contribution < -0.4 is 15.5 Å². The summed E-state index contributed by atoms with van der Waals surface area (Å²) < 4.78 is 0. The van der Waals surface area contributed by atoms with E-state index in [2.05, 4.69) is 21.6 Å². The number of fused-ring (bicyclic) bond motifs is 1. The van der Waals surface area contributed by atoms with Crippen LogP contribution in [0.4, 0.5) is 5.69 Å². The van der Waals surface area contributed by atoms with Crippen LogP contribution in [0.25, 0.3) is 0 Å². The largest absolute Gasteiger partial charge is 0.369 e. The second-order valence-corrected chi connectivity index (χ2v) is 6.39. The predicted molar refractivity (Wildman–Crippen MR) is 94.6 cm³/mol. The summed E-state index contributed by atoms with van der Waals surface area (Å²) in [5.41, 5.74) is 2.71. The number of nitrogens with zero attached hydrogens (tertiary/aromatic N) is 2. The predicted octanol–water partition coefficient (Wildman–Crippen LogP) is 0.146. The lowest BCUT2D eigenvalue weighted by Gasteiger charge is -2.29. The van der Waals surface area contributed by atoms with E-state index in [9.17, 15) is 14.4 Å². The third-order valence-electron chi connectivity index (χ3n) is 4.89. The van der Waals surface area contributed by atoms with Gasteiger partial charge in [-0.2, -0.15) is 0 Å². The van der Waals surface area contributed by atoms with Crippen molar-refractivity contribution in [3.63, 3.8) is 0 Å². The molecule has 2 heterocycles. The normalized spacial score (nSPS) is 18.0. The van der Waals surface area contributed by atoms with Crippen molar-refractivity contribution in [2.24, 2.45) is 0 Å². The molecule has 1 fully saturated rings. The van der Waals surface area contributed by atoms with Crippen LogP contribution in [0.3, 0.4) is 0 Å². The Hall–Kier alpha value is -2.41. The highest BCUT2D eigenvalue weighted by Crippen LogP contribution is 2.30. The van der Waals surface area contributed by atoms with Gasteiger partial charge in [-0.25, -0.2) is 0 Å². The SMILES string of the molecule is CNC(=O)C(CCC=O)N1Cc2cc(N3CCNCC3)ccc2C1=O. The molecule has 1 atom stereocenters. The molecule has 7 heteroatoms. The van der Waals surface area contributed by atoms with Crippen molar-refractivity contribution < 1.29 is 14.4 Å². The average molecular weight is 344 g/mol. The minimum Gasteiger partial charge on any atom is -0.369 e. The molecular formula is C18H24N4O3. The number of anilines is 1. The number of carbonyl (C=O) groups is 3. The summed E-state index contributed by atoms with van der Waals surface area (Å²) in [6.45, 7) is 4.19. The number of amides is 2. The van der Waals surface area contributed by atoms with Crippen LogP contribution >= 0.6 is 0 Å². The van der Waals surface area contributed by atoms with Gasteiger partial charge in [-0.3, -0.25) is 9.59 Å². The molecule has 0 saturated carbocycles. The van der Waals surface area contributed by atoms with Crippen LogP contribution in [0.1, 0.15) is 28.8 Å². The van der Waals surface area contributed by atoms with Gasteiger partial charge in [-0.05, 0) is 30.2 Å². The third-order valence-corrected chi connectivity index (χ3v) is 4.89. The van der Waals surface area contributed by atoms with Gasteiger partial charge < -0.3 is 25.2 Å². The Balaban J connectivity index is 1.81. The lowest BCUT2D eigenvalue weighted by atomic mass is 10.1. The molecule has 2 aliphatic heterocycles. The number of carbonyl (C=O) groups excluding carboxylic acids is 3. The zero-order chi connectivity index (χ0) is 17.8. The molecule has 0 bridgehead atoms. The Kier molecular flexibility index (Phi) is 5.33. The van der Waals surface area contributed by atoms with Crippen LogP contribution in [0.15, 0.2) is 18.2 Å². The van der Waals surface area contributed by atoms with Crippen molar-refractivity contribution in [2.45, 2.75) is 25.4 Å². The summed E-state index contributed by atoms with van der Waals surface area (Å²) in [6.07, 6.45) is 1.38. The number of likely N-dealkylation sites (N-methyl/N-ethyl adjacent to an activating group) is 1. The van der Waals surface area contributed by atoms with Gasteiger partial charge in [0.1, 0.15) is 12.3 Å². The molecule has 2 N–H and O–H groups in total. The lowest BCUT2D eigenvalue weighted by Crippen LogP contribution is -2.46. The number of hydrogen-bond acceptors (Lipinski definition) is 5. The van der Waals surface area contributed by atoms with Crippen LogP contribution in [-0.2, 0) is 16.1 Å². The summed E-state index contributed by atoms with van der Waals surface area (Å²) in [4.78, 5) is 39.5. The number of nitrogens with one attached hydrogen (secondary N) is 2. The Labute approximate surface area is 147 Å². The quantitative estimate of drug-likeness (QED) is 0.718. The Bertz CT molecular complexity index is 670. The summed E-state index contributed by atoms with van der Waals surface area (Å²) >= 11 is 0. The molecule has 0 spiro atoms. The molecule has 0 aliphatic carbocycles. The highest BCUT2D eigenvalue weighted by Gasteiger charge is 2.36. The van der Waals surface area contributed by atoms with Crippen LogP contribution in [0.5, 0.6) is 0 Å². The molecule has 7 nitrogen and oxygen atoms in total. The molecule has 2 aliphatic rings. The molecule has 25 heavy (non-hydrogen) atoms. The van der Waals surface area contributed by atoms with Crippen molar-refractivity contribution in [1.82, 2.24) is 15.5 Å². The summed E-state index contributed by atoms with van der Waals surface area (Å²) in [5, 5.41) is 5.92. The Morgan fingerprint density at radius 3 is 2.80 bits per heavy atom. The smallest absolute Gasteiger partial charge is 0.255 e. The summed E-state index contributed by atoms with van der Waals surface area (Å²) in [7, 11) is 1.55. The van der Waals surface area contributed by atoms with E-state index in [1.807, 2.05) is 12.1 Å². The van der Waals surface area contributed by atoms with Gasteiger partial charge in [0.2, 0.25) is 5.91 Å². The third kappa shape index (κ3) is 3.51. The molecule has 2 amide bonds. The average Bonchev–Trinajstić information content (AvgIpc) is 2.98. The Morgan fingerprint density at radius 2 is 2.12 bits per heavy atom. The van der Waals surface area contributed by atoms with Crippen molar-refractivity contribution in [1.29, 1.82) is 0 Å². The van der Waals surface area contributed by atoms with Crippen LogP contribution in [-0.4, -0.2) is 62.3 Å². The fourth-order valence-corrected chi connectivity index (χ4v) is 3.52. The molecule has 1 aromatic rings. The van der Waals surface area contributed by atoms with Crippen molar-refractivity contribution in [3.05, 3.63) is 29.3 Å². The first kappa shape index (κ1) is 17.4. The first-order valence-corrected chi connectivity index (χ1v) is 8.70. The van der Waals surface area contributed by atoms with E-state index in [4.69, 9.17) is 0 Å². The number of piperazine rings is 1. The second kappa shape index (κ2) is 7.65. The maximum Gasteiger partial charge on any atom is 0.255 e. The van der Waals surface area contributed by atoms with E-state index in [1.165, 1.54) is 0 Å². The first-order valence-electron chi connectivity index (χ1n) is 8.70. The van der Waals surface area contributed by atoms with Crippen LogP contribution in [0, 0.1) is 0 Å². The van der Waals surface area contributed by atoms with Gasteiger partial charge in [0.25, 0.3) is 5.91 Å². The highest BCUT2D eigenvalue weighted by atomic mass is 16.2. The number of benzene rings is 1. The van der Waals surface area contributed by atoms with Gasteiger partial charge in [-0.1, -0.05) is 0 Å². The van der Waals surface area contributed by atoms with E-state index in [1.54, 1.807) is 11.9 Å². The molecule has 0 aromatic heterocycles. The minimum atomic E-state index is -0.613. The topological polar surface area (TPSA) is 81.8 Å². The van der Waals surface area contributed by atoms with Crippen molar-refractivity contribution in [2.75, 3.05) is 38.1 Å². The number of rotatable bonds is 6. The maximum absolute atomic E-state index is 12.7. The van der Waals surface area contributed by atoms with E-state index in [-0.39, 0.29) is 18.2 Å². The zero-order valence-corrected chi connectivity index (χ0v) is 14.5. The molecule has 3 rings (SSSR count). The second-order valence-electron chi connectivity index (χ2n) is 6.39. The maximum atomic E-state index is 12.7. The van der Waals surface area contributed by atoms with Gasteiger partial charge in [0, 0.05) is 57.4 Å². The zero-order valence-electron chi connectivity index (χ0n) is 14.5. The fourth-order valence-electron chi connectivity index (χ4n) is 3.52.